The van der Waals surface area contributed by atoms with Crippen molar-refractivity contribution in [2.45, 2.75) is 95.6 Å². The Morgan fingerprint density at radius 3 is 2.02 bits per heavy atom. The van der Waals surface area contributed by atoms with Gasteiger partial charge in [-0.25, -0.2) is 9.59 Å². The normalized spacial score (nSPS) is 32.8. The molecule has 0 radical (unpaired) electrons. The Morgan fingerprint density at radius 2 is 1.43 bits per heavy atom. The molecule has 5 rings (SSSR count). The third-order valence-corrected chi connectivity index (χ3v) is 9.90. The molecule has 12 heteroatoms. The molecule has 3 aliphatic rings. The molecule has 2 aromatic rings. The van der Waals surface area contributed by atoms with Gasteiger partial charge in [-0.05, 0) is 57.4 Å². The topological polar surface area (TPSA) is 161 Å². The standard InChI is InChI=1S/C37H42O12/c1-22(38)44-21-36-27(47-28(41)18-17-25-13-9-7-10-14-25)19-20-35(6,43)37(36)31(46-24(3)40)29(34(4,5)49-37)30(45-23(2)39)32(36)48-33(42)26-15-11-8-12-16-26/h7-18,27,29-32,43H,19-21H2,1-6H3. The van der Waals surface area contributed by atoms with Crippen molar-refractivity contribution in [1.29, 1.82) is 0 Å². The van der Waals surface area contributed by atoms with E-state index in [0.29, 0.717) is 0 Å². The number of carbonyl (C=O) groups excluding carboxylic acids is 5. The molecule has 8 unspecified atom stereocenters. The quantitative estimate of drug-likeness (QED) is 0.231. The number of fused-ring (bicyclic) bond motifs is 1. The predicted molar refractivity (Wildman–Crippen MR) is 172 cm³/mol. The second-order valence-electron chi connectivity index (χ2n) is 13.6. The third kappa shape index (κ3) is 6.35. The largest absolute Gasteiger partial charge is 0.465 e. The molecule has 8 atom stereocenters. The van der Waals surface area contributed by atoms with Gasteiger partial charge in [0, 0.05) is 26.8 Å². The Bertz CT molecular complexity index is 1620. The van der Waals surface area contributed by atoms with E-state index in [0.717, 1.165) is 12.5 Å². The maximum Gasteiger partial charge on any atom is 0.338 e. The summed E-state index contributed by atoms with van der Waals surface area (Å²) in [5.41, 5.74) is -6.37. The Morgan fingerprint density at radius 1 is 0.816 bits per heavy atom. The molecular weight excluding hydrogens is 636 g/mol. The lowest BCUT2D eigenvalue weighted by Crippen LogP contribution is -2.83. The Labute approximate surface area is 284 Å². The molecule has 1 heterocycles. The van der Waals surface area contributed by atoms with Gasteiger partial charge in [-0.2, -0.15) is 0 Å². The molecule has 12 nitrogen and oxygen atoms in total. The van der Waals surface area contributed by atoms with Crippen LogP contribution in [0, 0.1) is 11.3 Å². The van der Waals surface area contributed by atoms with Crippen molar-refractivity contribution in [3.05, 3.63) is 77.9 Å². The lowest BCUT2D eigenvalue weighted by Gasteiger charge is -2.65. The second-order valence-corrected chi connectivity index (χ2v) is 13.6. The Hall–Kier alpha value is -4.55. The Kier molecular flexibility index (Phi) is 9.77. The van der Waals surface area contributed by atoms with Gasteiger partial charge in [0.15, 0.2) is 11.7 Å². The zero-order valence-corrected chi connectivity index (χ0v) is 28.4. The number of benzene rings is 2. The minimum Gasteiger partial charge on any atom is -0.465 e. The number of esters is 5. The van der Waals surface area contributed by atoms with Crippen LogP contribution in [-0.2, 0) is 47.6 Å². The van der Waals surface area contributed by atoms with Crippen LogP contribution < -0.4 is 0 Å². The van der Waals surface area contributed by atoms with Crippen LogP contribution in [0.25, 0.3) is 6.08 Å². The summed E-state index contributed by atoms with van der Waals surface area (Å²) >= 11 is 0. The van der Waals surface area contributed by atoms with Crippen LogP contribution in [0.4, 0.5) is 0 Å². The van der Waals surface area contributed by atoms with E-state index in [4.69, 9.17) is 28.4 Å². The minimum absolute atomic E-state index is 0.0334. The first-order chi connectivity index (χ1) is 23.1. The Balaban J connectivity index is 1.78. The van der Waals surface area contributed by atoms with Gasteiger partial charge in [-0.3, -0.25) is 14.4 Å². The molecule has 1 saturated heterocycles. The lowest BCUT2D eigenvalue weighted by molar-refractivity contribution is -0.348. The van der Waals surface area contributed by atoms with E-state index in [1.807, 2.05) is 6.07 Å². The van der Waals surface area contributed by atoms with Gasteiger partial charge < -0.3 is 33.5 Å². The summed E-state index contributed by atoms with van der Waals surface area (Å²) in [6.07, 6.45) is -2.92. The van der Waals surface area contributed by atoms with Crippen molar-refractivity contribution in [3.8, 4) is 0 Å². The van der Waals surface area contributed by atoms with Crippen LogP contribution in [0.5, 0.6) is 0 Å². The van der Waals surface area contributed by atoms with Crippen LogP contribution in [0.1, 0.15) is 70.3 Å². The van der Waals surface area contributed by atoms with Crippen molar-refractivity contribution in [1.82, 2.24) is 0 Å². The summed E-state index contributed by atoms with van der Waals surface area (Å²) in [6.45, 7) is 7.70. The van der Waals surface area contributed by atoms with E-state index >= 15 is 0 Å². The second kappa shape index (κ2) is 13.4. The molecular formula is C37H42O12. The van der Waals surface area contributed by atoms with E-state index < -0.39 is 89.0 Å². The summed E-state index contributed by atoms with van der Waals surface area (Å²) < 4.78 is 37.0. The van der Waals surface area contributed by atoms with Crippen molar-refractivity contribution in [3.63, 3.8) is 0 Å². The van der Waals surface area contributed by atoms with Gasteiger partial charge in [0.25, 0.3) is 0 Å². The van der Waals surface area contributed by atoms with Crippen molar-refractivity contribution in [2.75, 3.05) is 6.61 Å². The number of hydrogen-bond donors (Lipinski definition) is 1. The van der Waals surface area contributed by atoms with Crippen LogP contribution in [0.2, 0.25) is 0 Å². The number of ether oxygens (including phenoxy) is 6. The van der Waals surface area contributed by atoms with Crippen LogP contribution in [-0.4, -0.2) is 82.8 Å². The van der Waals surface area contributed by atoms with Gasteiger partial charge in [-0.15, -0.1) is 0 Å². The lowest BCUT2D eigenvalue weighted by atomic mass is 9.46. The monoisotopic (exact) mass is 678 g/mol. The molecule has 2 aliphatic carbocycles. The highest BCUT2D eigenvalue weighted by atomic mass is 16.6. The molecule has 1 spiro atoms. The molecule has 49 heavy (non-hydrogen) atoms. The molecule has 3 fully saturated rings. The first-order valence-electron chi connectivity index (χ1n) is 16.2. The maximum absolute atomic E-state index is 13.9. The molecule has 0 amide bonds. The summed E-state index contributed by atoms with van der Waals surface area (Å²) in [5.74, 6) is -4.88. The molecule has 1 N–H and O–H groups in total. The number of aliphatic hydroxyl groups is 1. The SMILES string of the molecule is CC(=O)OCC12C(OC(=O)C=Cc3ccccc3)CCC(C)(O)C13OC(C)(C)C(C(OC(C)=O)C2OC(=O)c1ccccc1)C3OC(C)=O. The van der Waals surface area contributed by atoms with Gasteiger partial charge in [0.1, 0.15) is 30.3 Å². The minimum atomic E-state index is -2.04. The fourth-order valence-electron chi connectivity index (χ4n) is 8.14. The zero-order valence-electron chi connectivity index (χ0n) is 28.4. The first-order valence-corrected chi connectivity index (χ1v) is 16.2. The van der Waals surface area contributed by atoms with Gasteiger partial charge in [0.05, 0.1) is 22.7 Å². The highest BCUT2D eigenvalue weighted by Crippen LogP contribution is 2.69. The average molecular weight is 679 g/mol. The van der Waals surface area contributed by atoms with E-state index in [1.165, 1.54) is 39.0 Å². The zero-order chi connectivity index (χ0) is 35.8. The van der Waals surface area contributed by atoms with Gasteiger partial charge in [-0.1, -0.05) is 48.5 Å². The fourth-order valence-corrected chi connectivity index (χ4v) is 8.14. The molecule has 2 bridgehead atoms. The number of hydrogen-bond acceptors (Lipinski definition) is 12. The highest BCUT2D eigenvalue weighted by molar-refractivity contribution is 5.89. The molecule has 262 valence electrons. The number of rotatable bonds is 9. The smallest absolute Gasteiger partial charge is 0.338 e. The van der Waals surface area contributed by atoms with E-state index in [-0.39, 0.29) is 18.4 Å². The van der Waals surface area contributed by atoms with Crippen LogP contribution in [0.3, 0.4) is 0 Å². The average Bonchev–Trinajstić information content (AvgIpc) is 3.23. The summed E-state index contributed by atoms with van der Waals surface area (Å²) in [4.78, 5) is 65.7. The third-order valence-electron chi connectivity index (χ3n) is 9.90. The summed E-state index contributed by atoms with van der Waals surface area (Å²) in [5, 5.41) is 12.5. The first kappa shape index (κ1) is 35.7. The fraction of sp³-hybridized carbons (Fsp3) is 0.486. The molecule has 2 aromatic carbocycles. The van der Waals surface area contributed by atoms with Crippen LogP contribution >= 0.6 is 0 Å². The van der Waals surface area contributed by atoms with Gasteiger partial charge >= 0.3 is 29.8 Å². The van der Waals surface area contributed by atoms with Crippen molar-refractivity contribution >= 4 is 35.9 Å². The van der Waals surface area contributed by atoms with E-state index in [1.54, 1.807) is 62.4 Å². The van der Waals surface area contributed by atoms with Gasteiger partial charge in [0.2, 0.25) is 0 Å². The molecule has 2 saturated carbocycles. The van der Waals surface area contributed by atoms with E-state index in [9.17, 15) is 29.1 Å². The van der Waals surface area contributed by atoms with Crippen LogP contribution in [0.15, 0.2) is 66.7 Å². The highest BCUT2D eigenvalue weighted by Gasteiger charge is 2.87. The van der Waals surface area contributed by atoms with Crippen molar-refractivity contribution in [2.24, 2.45) is 11.3 Å². The predicted octanol–water partition coefficient (Wildman–Crippen LogP) is 3.97. The molecule has 0 aromatic heterocycles. The molecule has 1 aliphatic heterocycles. The number of carbonyl (C=O) groups is 5. The van der Waals surface area contributed by atoms with E-state index in [2.05, 4.69) is 0 Å². The summed E-state index contributed by atoms with van der Waals surface area (Å²) in [6, 6.07) is 17.1. The van der Waals surface area contributed by atoms with Crippen molar-refractivity contribution < 1.29 is 57.5 Å². The maximum atomic E-state index is 13.9. The summed E-state index contributed by atoms with van der Waals surface area (Å²) in [7, 11) is 0.